The first-order valence-electron chi connectivity index (χ1n) is 9.70. The highest BCUT2D eigenvalue weighted by Crippen LogP contribution is 2.12. The number of unbranched alkanes of at least 4 members (excludes halogenated alkanes) is 12. The van der Waals surface area contributed by atoms with E-state index in [2.05, 4.69) is 12.2 Å². The molecule has 0 atom stereocenters. The van der Waals surface area contributed by atoms with Crippen LogP contribution in [0.15, 0.2) is 0 Å². The second-order valence-electron chi connectivity index (χ2n) is 6.49. The Balaban J connectivity index is 2.95. The predicted molar refractivity (Wildman–Crippen MR) is 95.4 cm³/mol. The molecule has 0 saturated heterocycles. The minimum atomic E-state index is -0.655. The second kappa shape index (κ2) is 18.5. The smallest absolute Gasteiger partial charge is 0.303 e. The van der Waals surface area contributed by atoms with Crippen molar-refractivity contribution in [3.63, 3.8) is 0 Å². The van der Waals surface area contributed by atoms with E-state index in [1.54, 1.807) is 0 Å². The lowest BCUT2D eigenvalue weighted by molar-refractivity contribution is -0.137. The van der Waals surface area contributed by atoms with E-state index in [0.717, 1.165) is 12.8 Å². The topological polar surface area (TPSA) is 49.3 Å². The Labute approximate surface area is 138 Å². The monoisotopic (exact) mass is 313 g/mol. The van der Waals surface area contributed by atoms with Gasteiger partial charge in [0.1, 0.15) is 0 Å². The second-order valence-corrected chi connectivity index (χ2v) is 6.49. The van der Waals surface area contributed by atoms with Gasteiger partial charge in [-0.15, -0.1) is 0 Å². The van der Waals surface area contributed by atoms with Crippen molar-refractivity contribution in [3.8, 4) is 0 Å². The lowest BCUT2D eigenvalue weighted by Gasteiger charge is -2.04. The largest absolute Gasteiger partial charge is 0.481 e. The van der Waals surface area contributed by atoms with Crippen molar-refractivity contribution in [1.29, 1.82) is 0 Å². The first-order valence-corrected chi connectivity index (χ1v) is 9.70. The van der Waals surface area contributed by atoms with Gasteiger partial charge in [0.05, 0.1) is 0 Å². The summed E-state index contributed by atoms with van der Waals surface area (Å²) in [7, 11) is 0. The van der Waals surface area contributed by atoms with Crippen molar-refractivity contribution >= 4 is 5.97 Å². The molecule has 0 aliphatic rings. The zero-order chi connectivity index (χ0) is 16.3. The Hall–Kier alpha value is -0.570. The number of hydrogen-bond donors (Lipinski definition) is 2. The molecule has 2 N–H and O–H groups in total. The van der Waals surface area contributed by atoms with Crippen LogP contribution in [-0.2, 0) is 4.79 Å². The summed E-state index contributed by atoms with van der Waals surface area (Å²) in [5, 5.41) is 12.0. The molecule has 3 nitrogen and oxygen atoms in total. The zero-order valence-electron chi connectivity index (χ0n) is 14.9. The molecule has 0 bridgehead atoms. The number of rotatable bonds is 18. The van der Waals surface area contributed by atoms with E-state index in [1.165, 1.54) is 90.1 Å². The van der Waals surface area contributed by atoms with E-state index in [1.807, 2.05) is 0 Å². The van der Waals surface area contributed by atoms with Gasteiger partial charge in [-0.25, -0.2) is 0 Å². The molecule has 0 unspecified atom stereocenters. The molecule has 0 aliphatic carbocycles. The Bertz CT molecular complexity index is 231. The van der Waals surface area contributed by atoms with Crippen LogP contribution in [0, 0.1) is 0 Å². The fourth-order valence-corrected chi connectivity index (χ4v) is 2.77. The molecule has 0 saturated carbocycles. The summed E-state index contributed by atoms with van der Waals surface area (Å²) in [6.07, 6.45) is 18.4. The molecule has 0 radical (unpaired) electrons. The predicted octanol–water partition coefficient (Wildman–Crippen LogP) is 5.53. The van der Waals surface area contributed by atoms with Gasteiger partial charge >= 0.3 is 5.97 Å². The summed E-state index contributed by atoms with van der Waals surface area (Å²) in [5.74, 6) is -0.655. The van der Waals surface area contributed by atoms with Gasteiger partial charge in [-0.2, -0.15) is 0 Å². The van der Waals surface area contributed by atoms with Crippen molar-refractivity contribution in [2.75, 3.05) is 13.1 Å². The number of carboxylic acid groups (broad SMARTS) is 1. The highest BCUT2D eigenvalue weighted by atomic mass is 16.4. The molecule has 3 heteroatoms. The van der Waals surface area contributed by atoms with E-state index in [0.29, 0.717) is 6.42 Å². The number of aliphatic carboxylic acids is 1. The maximum absolute atomic E-state index is 10.4. The SMILES string of the molecule is CCCNCCCCCCCCCCCCCCCC(=O)O. The summed E-state index contributed by atoms with van der Waals surface area (Å²) in [5.41, 5.74) is 0. The third-order valence-corrected chi connectivity index (χ3v) is 4.17. The molecule has 0 rings (SSSR count). The molecular weight excluding hydrogens is 274 g/mol. The average molecular weight is 314 g/mol. The van der Waals surface area contributed by atoms with Gasteiger partial charge in [-0.3, -0.25) is 4.79 Å². The molecule has 0 amide bonds. The summed E-state index contributed by atoms with van der Waals surface area (Å²) in [4.78, 5) is 10.4. The van der Waals surface area contributed by atoms with Crippen LogP contribution in [-0.4, -0.2) is 24.2 Å². The molecule has 0 aliphatic heterocycles. The maximum atomic E-state index is 10.4. The Morgan fingerprint density at radius 1 is 0.682 bits per heavy atom. The van der Waals surface area contributed by atoms with Gasteiger partial charge in [-0.1, -0.05) is 77.6 Å². The highest BCUT2D eigenvalue weighted by molar-refractivity contribution is 5.66. The minimum Gasteiger partial charge on any atom is -0.481 e. The van der Waals surface area contributed by atoms with Crippen molar-refractivity contribution in [2.45, 2.75) is 103 Å². The molecule has 0 aromatic carbocycles. The van der Waals surface area contributed by atoms with Gasteiger partial charge in [0.2, 0.25) is 0 Å². The molecule has 22 heavy (non-hydrogen) atoms. The highest BCUT2D eigenvalue weighted by Gasteiger charge is 1.97. The van der Waals surface area contributed by atoms with Crippen molar-refractivity contribution < 1.29 is 9.90 Å². The minimum absolute atomic E-state index is 0.342. The van der Waals surface area contributed by atoms with Crippen molar-refractivity contribution in [1.82, 2.24) is 5.32 Å². The van der Waals surface area contributed by atoms with Crippen molar-refractivity contribution in [3.05, 3.63) is 0 Å². The quantitative estimate of drug-likeness (QED) is 0.327. The number of hydrogen-bond acceptors (Lipinski definition) is 2. The van der Waals surface area contributed by atoms with Crippen LogP contribution in [0.5, 0.6) is 0 Å². The molecule has 0 fully saturated rings. The number of carboxylic acids is 1. The molecule has 0 aromatic rings. The fourth-order valence-electron chi connectivity index (χ4n) is 2.77. The normalized spacial score (nSPS) is 11.0. The van der Waals surface area contributed by atoms with Gasteiger partial charge in [0, 0.05) is 6.42 Å². The third-order valence-electron chi connectivity index (χ3n) is 4.17. The Morgan fingerprint density at radius 3 is 1.50 bits per heavy atom. The summed E-state index contributed by atoms with van der Waals surface area (Å²) >= 11 is 0. The lowest BCUT2D eigenvalue weighted by atomic mass is 10.0. The molecule has 132 valence electrons. The summed E-state index contributed by atoms with van der Waals surface area (Å²) in [6.45, 7) is 4.58. The zero-order valence-corrected chi connectivity index (χ0v) is 14.9. The van der Waals surface area contributed by atoms with E-state index < -0.39 is 5.97 Å². The first-order chi connectivity index (χ1) is 10.8. The van der Waals surface area contributed by atoms with Gasteiger partial charge in [0.25, 0.3) is 0 Å². The van der Waals surface area contributed by atoms with Crippen LogP contribution in [0.4, 0.5) is 0 Å². The fraction of sp³-hybridized carbons (Fsp3) is 0.947. The first kappa shape index (κ1) is 21.4. The van der Waals surface area contributed by atoms with Crippen LogP contribution >= 0.6 is 0 Å². The molecule has 0 heterocycles. The van der Waals surface area contributed by atoms with E-state index in [-0.39, 0.29) is 0 Å². The van der Waals surface area contributed by atoms with Crippen LogP contribution in [0.2, 0.25) is 0 Å². The summed E-state index contributed by atoms with van der Waals surface area (Å²) in [6, 6.07) is 0. The van der Waals surface area contributed by atoms with Crippen LogP contribution < -0.4 is 5.32 Å². The Kier molecular flexibility index (Phi) is 18.0. The van der Waals surface area contributed by atoms with E-state index >= 15 is 0 Å². The van der Waals surface area contributed by atoms with Gasteiger partial charge in [-0.05, 0) is 32.4 Å². The van der Waals surface area contributed by atoms with E-state index in [4.69, 9.17) is 5.11 Å². The van der Waals surface area contributed by atoms with Crippen LogP contribution in [0.3, 0.4) is 0 Å². The van der Waals surface area contributed by atoms with E-state index in [9.17, 15) is 4.79 Å². The summed E-state index contributed by atoms with van der Waals surface area (Å²) < 4.78 is 0. The van der Waals surface area contributed by atoms with Crippen molar-refractivity contribution in [2.24, 2.45) is 0 Å². The van der Waals surface area contributed by atoms with Gasteiger partial charge < -0.3 is 10.4 Å². The third kappa shape index (κ3) is 19.4. The number of nitrogens with one attached hydrogen (secondary N) is 1. The number of carbonyl (C=O) groups is 1. The lowest BCUT2D eigenvalue weighted by Crippen LogP contribution is -2.15. The van der Waals surface area contributed by atoms with Crippen LogP contribution in [0.25, 0.3) is 0 Å². The molecule has 0 aromatic heterocycles. The molecular formula is C19H39NO2. The molecule has 0 spiro atoms. The maximum Gasteiger partial charge on any atom is 0.303 e. The van der Waals surface area contributed by atoms with Gasteiger partial charge in [0.15, 0.2) is 0 Å². The Morgan fingerprint density at radius 2 is 1.09 bits per heavy atom. The van der Waals surface area contributed by atoms with Crippen LogP contribution in [0.1, 0.15) is 103 Å². The average Bonchev–Trinajstić information content (AvgIpc) is 2.50. The standard InChI is InChI=1S/C19H39NO2/c1-2-17-20-18-15-13-11-9-7-5-3-4-6-8-10-12-14-16-19(21)22/h20H,2-18H2,1H3,(H,21,22).